The first-order valence-electron chi connectivity index (χ1n) is 5.48. The molecule has 18 heavy (non-hydrogen) atoms. The molecule has 0 radical (unpaired) electrons. The maximum atomic E-state index is 13.6. The van der Waals surface area contributed by atoms with Gasteiger partial charge in [0.1, 0.15) is 11.5 Å². The number of imidazole rings is 1. The van der Waals surface area contributed by atoms with E-state index in [1.807, 2.05) is 20.8 Å². The van der Waals surface area contributed by atoms with Crippen LogP contribution in [0.5, 0.6) is 0 Å². The molecule has 0 aromatic carbocycles. The van der Waals surface area contributed by atoms with Crippen LogP contribution in [0.1, 0.15) is 26.3 Å². The Morgan fingerprint density at radius 1 is 1.33 bits per heavy atom. The topological polar surface area (TPSA) is 51.4 Å². The molecule has 4 nitrogen and oxygen atoms in total. The normalized spacial score (nSPS) is 13.2. The number of aromatic nitrogens is 2. The molecule has 0 bridgehead atoms. The molecule has 2 aromatic rings. The van der Waals surface area contributed by atoms with Gasteiger partial charge in [0.2, 0.25) is 0 Å². The molecule has 2 heterocycles. The fourth-order valence-corrected chi connectivity index (χ4v) is 2.60. The second kappa shape index (κ2) is 3.78. The lowest BCUT2D eigenvalue weighted by Gasteiger charge is -2.19. The van der Waals surface area contributed by atoms with Gasteiger partial charge in [-0.3, -0.25) is 4.40 Å². The summed E-state index contributed by atoms with van der Waals surface area (Å²) in [5.74, 6) is -0.477. The average molecular weight is 270 g/mol. The van der Waals surface area contributed by atoms with Crippen LogP contribution in [-0.2, 0) is 15.3 Å². The van der Waals surface area contributed by atoms with Gasteiger partial charge in [-0.2, -0.15) is 0 Å². The maximum Gasteiger partial charge on any atom is 0.192 e. The lowest BCUT2D eigenvalue weighted by atomic mass is 9.88. The molecule has 0 atom stereocenters. The van der Waals surface area contributed by atoms with Crippen LogP contribution in [0.15, 0.2) is 23.5 Å². The number of hydrogen-bond acceptors (Lipinski definition) is 3. The highest BCUT2D eigenvalue weighted by Crippen LogP contribution is 2.28. The second-order valence-corrected chi connectivity index (χ2v) is 7.35. The van der Waals surface area contributed by atoms with Gasteiger partial charge in [-0.25, -0.2) is 17.8 Å². The Morgan fingerprint density at radius 3 is 2.44 bits per heavy atom. The van der Waals surface area contributed by atoms with Crippen molar-refractivity contribution in [2.75, 3.05) is 6.26 Å². The fourth-order valence-electron chi connectivity index (χ4n) is 1.86. The molecule has 0 N–H and O–H groups in total. The van der Waals surface area contributed by atoms with Crippen LogP contribution in [0.4, 0.5) is 4.39 Å². The molecule has 6 heteroatoms. The summed E-state index contributed by atoms with van der Waals surface area (Å²) in [4.78, 5) is 4.11. The first-order valence-corrected chi connectivity index (χ1v) is 7.37. The Kier molecular flexibility index (Phi) is 2.73. The summed E-state index contributed by atoms with van der Waals surface area (Å²) in [7, 11) is -3.43. The molecule has 0 saturated carbocycles. The standard InChI is InChI=1S/C12H15FN2O2S/c1-12(2,3)9-5-8(13)7-15-10(18(4,16)17)6-14-11(9)15/h5-7H,1-4H3. The predicted octanol–water partition coefficient (Wildman–Crippen LogP) is 2.17. The van der Waals surface area contributed by atoms with E-state index < -0.39 is 15.7 Å². The van der Waals surface area contributed by atoms with Crippen molar-refractivity contribution in [3.63, 3.8) is 0 Å². The van der Waals surface area contributed by atoms with Gasteiger partial charge in [0.05, 0.1) is 6.20 Å². The van der Waals surface area contributed by atoms with Crippen molar-refractivity contribution in [2.24, 2.45) is 0 Å². The Bertz CT molecular complexity index is 711. The average Bonchev–Trinajstić information content (AvgIpc) is 2.57. The first-order chi connectivity index (χ1) is 8.10. The van der Waals surface area contributed by atoms with Crippen LogP contribution < -0.4 is 0 Å². The third-order valence-electron chi connectivity index (χ3n) is 2.73. The van der Waals surface area contributed by atoms with Crippen molar-refractivity contribution in [3.05, 3.63) is 29.8 Å². The molecule has 0 saturated heterocycles. The van der Waals surface area contributed by atoms with Crippen molar-refractivity contribution in [1.29, 1.82) is 0 Å². The van der Waals surface area contributed by atoms with E-state index in [1.54, 1.807) is 0 Å². The predicted molar refractivity (Wildman–Crippen MR) is 67.0 cm³/mol. The summed E-state index contributed by atoms with van der Waals surface area (Å²) >= 11 is 0. The molecular formula is C12H15FN2O2S. The van der Waals surface area contributed by atoms with E-state index >= 15 is 0 Å². The summed E-state index contributed by atoms with van der Waals surface area (Å²) in [5, 5.41) is 0.00231. The van der Waals surface area contributed by atoms with Gasteiger partial charge in [0.25, 0.3) is 0 Å². The van der Waals surface area contributed by atoms with Gasteiger partial charge < -0.3 is 0 Å². The lowest BCUT2D eigenvalue weighted by molar-refractivity contribution is 0.565. The number of halogens is 1. The second-order valence-electron chi connectivity index (χ2n) is 5.38. The summed E-state index contributed by atoms with van der Waals surface area (Å²) < 4.78 is 38.1. The lowest BCUT2D eigenvalue weighted by Crippen LogP contribution is -2.14. The third kappa shape index (κ3) is 2.12. The van der Waals surface area contributed by atoms with E-state index in [0.29, 0.717) is 11.2 Å². The fraction of sp³-hybridized carbons (Fsp3) is 0.417. The molecule has 0 unspecified atom stereocenters. The number of sulfone groups is 1. The molecule has 0 fully saturated rings. The van der Waals surface area contributed by atoms with Crippen molar-refractivity contribution in [1.82, 2.24) is 9.38 Å². The number of hydrogen-bond donors (Lipinski definition) is 0. The largest absolute Gasteiger partial charge is 0.287 e. The minimum absolute atomic E-state index is 0.00231. The molecule has 0 aliphatic heterocycles. The summed E-state index contributed by atoms with van der Waals surface area (Å²) in [6.07, 6.45) is 3.49. The Labute approximate surface area is 105 Å². The molecule has 0 aliphatic rings. The Morgan fingerprint density at radius 2 is 1.94 bits per heavy atom. The van der Waals surface area contributed by atoms with E-state index in [9.17, 15) is 12.8 Å². The van der Waals surface area contributed by atoms with Crippen molar-refractivity contribution in [3.8, 4) is 0 Å². The minimum atomic E-state index is -3.43. The van der Waals surface area contributed by atoms with E-state index in [4.69, 9.17) is 0 Å². The Hall–Kier alpha value is -1.43. The molecule has 0 spiro atoms. The van der Waals surface area contributed by atoms with Crippen LogP contribution in [0.25, 0.3) is 5.65 Å². The number of fused-ring (bicyclic) bond motifs is 1. The zero-order valence-corrected chi connectivity index (χ0v) is 11.5. The molecule has 2 aromatic heterocycles. The minimum Gasteiger partial charge on any atom is -0.287 e. The van der Waals surface area contributed by atoms with Gasteiger partial charge >= 0.3 is 0 Å². The van der Waals surface area contributed by atoms with Crippen molar-refractivity contribution in [2.45, 2.75) is 31.2 Å². The zero-order chi connectivity index (χ0) is 13.7. The number of pyridine rings is 1. The molecule has 0 amide bonds. The van der Waals surface area contributed by atoms with Gasteiger partial charge in [-0.15, -0.1) is 0 Å². The molecule has 0 aliphatic carbocycles. The third-order valence-corrected chi connectivity index (χ3v) is 3.79. The van der Waals surface area contributed by atoms with Gasteiger partial charge in [0.15, 0.2) is 14.9 Å². The summed E-state index contributed by atoms with van der Waals surface area (Å²) in [6.45, 7) is 5.78. The zero-order valence-electron chi connectivity index (χ0n) is 10.7. The van der Waals surface area contributed by atoms with Crippen LogP contribution in [0, 0.1) is 5.82 Å². The SMILES string of the molecule is CC(C)(C)c1cc(F)cn2c(S(C)(=O)=O)cnc12. The number of nitrogens with zero attached hydrogens (tertiary/aromatic N) is 2. The molecule has 98 valence electrons. The van der Waals surface area contributed by atoms with E-state index in [0.717, 1.165) is 12.5 Å². The van der Waals surface area contributed by atoms with Crippen LogP contribution in [0.3, 0.4) is 0 Å². The van der Waals surface area contributed by atoms with E-state index in [2.05, 4.69) is 4.98 Å². The monoisotopic (exact) mass is 270 g/mol. The van der Waals surface area contributed by atoms with Crippen molar-refractivity contribution >= 4 is 15.5 Å². The number of rotatable bonds is 1. The van der Waals surface area contributed by atoms with Crippen LogP contribution in [-0.4, -0.2) is 24.1 Å². The smallest absolute Gasteiger partial charge is 0.192 e. The van der Waals surface area contributed by atoms with Gasteiger partial charge in [-0.05, 0) is 11.5 Å². The van der Waals surface area contributed by atoms with Gasteiger partial charge in [-0.1, -0.05) is 20.8 Å². The van der Waals surface area contributed by atoms with Crippen LogP contribution in [0.2, 0.25) is 0 Å². The summed E-state index contributed by atoms with van der Waals surface area (Å²) in [5.41, 5.74) is 0.838. The van der Waals surface area contributed by atoms with E-state index in [1.165, 1.54) is 16.7 Å². The maximum absolute atomic E-state index is 13.6. The van der Waals surface area contributed by atoms with E-state index in [-0.39, 0.29) is 10.4 Å². The highest BCUT2D eigenvalue weighted by Gasteiger charge is 2.23. The molecule has 2 rings (SSSR count). The van der Waals surface area contributed by atoms with Crippen molar-refractivity contribution < 1.29 is 12.8 Å². The Balaban J connectivity index is 2.90. The highest BCUT2D eigenvalue weighted by molar-refractivity contribution is 7.90. The highest BCUT2D eigenvalue weighted by atomic mass is 32.2. The van der Waals surface area contributed by atoms with Gasteiger partial charge in [0, 0.05) is 18.0 Å². The summed E-state index contributed by atoms with van der Waals surface area (Å²) in [6, 6.07) is 1.40. The molecular weight excluding hydrogens is 255 g/mol. The van der Waals surface area contributed by atoms with Crippen LogP contribution >= 0.6 is 0 Å². The first kappa shape index (κ1) is 13.0. The quantitative estimate of drug-likeness (QED) is 0.798.